The minimum Gasteiger partial charge on any atom is -0.378 e. The molecule has 0 saturated carbocycles. The number of benzene rings is 2. The molecule has 0 aliphatic heterocycles. The number of hydrogen-bond acceptors (Lipinski definition) is 10. The number of halogens is 2. The van der Waals surface area contributed by atoms with Crippen LogP contribution in [0.3, 0.4) is 0 Å². The van der Waals surface area contributed by atoms with Crippen LogP contribution in [-0.2, 0) is 0 Å². The number of hydrogen-bond donors (Lipinski definition) is 2. The summed E-state index contributed by atoms with van der Waals surface area (Å²) < 4.78 is 5.72. The molecule has 0 bridgehead atoms. The molecule has 0 aliphatic rings. The molecule has 2 heterocycles. The molecule has 0 atom stereocenters. The number of nitrogens with one attached hydrogen (secondary N) is 1. The number of non-ortho nitro benzene ring substituents is 1. The van der Waals surface area contributed by atoms with Gasteiger partial charge < -0.3 is 5.73 Å². The monoisotopic (exact) mass is 487 g/mol. The van der Waals surface area contributed by atoms with E-state index < -0.39 is 10.8 Å². The van der Waals surface area contributed by atoms with Crippen LogP contribution in [0.15, 0.2) is 52.2 Å². The van der Waals surface area contributed by atoms with Crippen LogP contribution in [-0.4, -0.2) is 42.4 Å². The van der Waals surface area contributed by atoms with E-state index in [1.807, 2.05) is 0 Å². The molecular formula is C18H11Cl2N9O4. The molecule has 2 aromatic heterocycles. The predicted molar refractivity (Wildman–Crippen MR) is 117 cm³/mol. The highest BCUT2D eigenvalue weighted by molar-refractivity contribution is 6.38. The van der Waals surface area contributed by atoms with Crippen LogP contribution < -0.4 is 11.2 Å². The van der Waals surface area contributed by atoms with Crippen molar-refractivity contribution >= 4 is 46.8 Å². The van der Waals surface area contributed by atoms with Crippen molar-refractivity contribution < 1.29 is 14.3 Å². The van der Waals surface area contributed by atoms with Crippen molar-refractivity contribution in [2.24, 2.45) is 5.10 Å². The van der Waals surface area contributed by atoms with E-state index in [1.165, 1.54) is 30.5 Å². The van der Waals surface area contributed by atoms with Crippen LogP contribution >= 0.6 is 23.2 Å². The van der Waals surface area contributed by atoms with Crippen molar-refractivity contribution in [3.05, 3.63) is 73.9 Å². The van der Waals surface area contributed by atoms with E-state index >= 15 is 0 Å². The first kappa shape index (κ1) is 21.9. The number of rotatable bonds is 6. The molecule has 0 unspecified atom stereocenters. The number of nitrogens with two attached hydrogens (primary N) is 1. The second-order valence-corrected chi connectivity index (χ2v) is 7.12. The van der Waals surface area contributed by atoms with Gasteiger partial charge in [0.2, 0.25) is 11.6 Å². The first-order valence-corrected chi connectivity index (χ1v) is 9.68. The van der Waals surface area contributed by atoms with Crippen molar-refractivity contribution in [2.75, 3.05) is 5.73 Å². The Morgan fingerprint density at radius 2 is 1.88 bits per heavy atom. The summed E-state index contributed by atoms with van der Waals surface area (Å²) in [6.07, 6.45) is 1.28. The van der Waals surface area contributed by atoms with Gasteiger partial charge in [0.1, 0.15) is 5.69 Å². The number of nitrogens with zero attached hydrogens (tertiary/aromatic N) is 7. The number of hydrazone groups is 1. The summed E-state index contributed by atoms with van der Waals surface area (Å²) in [4.78, 5) is 23.3. The maximum atomic E-state index is 12.8. The van der Waals surface area contributed by atoms with E-state index in [1.54, 1.807) is 18.2 Å². The van der Waals surface area contributed by atoms with Gasteiger partial charge in [-0.2, -0.15) is 9.78 Å². The molecule has 0 fully saturated rings. The molecule has 33 heavy (non-hydrogen) atoms. The van der Waals surface area contributed by atoms with Crippen molar-refractivity contribution in [1.29, 1.82) is 0 Å². The Morgan fingerprint density at radius 1 is 1.18 bits per heavy atom. The number of aromatic nitrogens is 5. The normalized spacial score (nSPS) is 11.1. The first-order chi connectivity index (χ1) is 15.9. The van der Waals surface area contributed by atoms with Crippen molar-refractivity contribution in [3.63, 3.8) is 0 Å². The third-order valence-corrected chi connectivity index (χ3v) is 4.95. The summed E-state index contributed by atoms with van der Waals surface area (Å²) in [5.41, 5.74) is 8.63. The van der Waals surface area contributed by atoms with Gasteiger partial charge in [-0.15, -0.1) is 5.10 Å². The van der Waals surface area contributed by atoms with E-state index in [2.05, 4.69) is 35.8 Å². The maximum Gasteiger partial charge on any atom is 0.294 e. The summed E-state index contributed by atoms with van der Waals surface area (Å²) in [6, 6.07) is 10.3. The number of carbonyl (C=O) groups excluding carboxylic acids is 1. The number of nitro benzene ring substituents is 1. The quantitative estimate of drug-likeness (QED) is 0.234. The van der Waals surface area contributed by atoms with Crippen molar-refractivity contribution in [1.82, 2.24) is 30.7 Å². The summed E-state index contributed by atoms with van der Waals surface area (Å²) in [5.74, 6) is -0.883. The molecule has 4 aromatic rings. The Kier molecular flexibility index (Phi) is 5.97. The average Bonchev–Trinajstić information content (AvgIpc) is 3.41. The Balaban J connectivity index is 1.71. The fraction of sp³-hybridized carbons (Fsp3) is 0. The maximum absolute atomic E-state index is 12.8. The van der Waals surface area contributed by atoms with Gasteiger partial charge in [-0.05, 0) is 34.6 Å². The van der Waals surface area contributed by atoms with Gasteiger partial charge in [0.05, 0.1) is 21.2 Å². The van der Waals surface area contributed by atoms with Crippen LogP contribution in [0, 0.1) is 10.1 Å². The second-order valence-electron chi connectivity index (χ2n) is 6.31. The average molecular weight is 488 g/mol. The largest absolute Gasteiger partial charge is 0.378 e. The third-order valence-electron chi connectivity index (χ3n) is 4.29. The number of amides is 1. The van der Waals surface area contributed by atoms with Gasteiger partial charge in [0.15, 0.2) is 5.69 Å². The molecule has 13 nitrogen and oxygen atoms in total. The molecule has 4 rings (SSSR count). The number of anilines is 1. The van der Waals surface area contributed by atoms with Crippen LogP contribution in [0.25, 0.3) is 17.1 Å². The molecule has 2 aromatic carbocycles. The van der Waals surface area contributed by atoms with Gasteiger partial charge >= 0.3 is 0 Å². The SMILES string of the molecule is Nc1nonc1-n1nnc(C(=O)N/N=C\c2c(Cl)cccc2Cl)c1-c1ccc([N+](=O)[O-])cc1. The molecule has 0 aliphatic carbocycles. The molecule has 1 amide bonds. The summed E-state index contributed by atoms with van der Waals surface area (Å²) >= 11 is 12.2. The number of nitro groups is 1. The highest BCUT2D eigenvalue weighted by Crippen LogP contribution is 2.28. The smallest absolute Gasteiger partial charge is 0.294 e. The van der Waals surface area contributed by atoms with Crippen molar-refractivity contribution in [3.8, 4) is 17.1 Å². The zero-order valence-electron chi connectivity index (χ0n) is 16.2. The molecule has 15 heteroatoms. The van der Waals surface area contributed by atoms with Gasteiger partial charge in [-0.3, -0.25) is 14.9 Å². The van der Waals surface area contributed by atoms with Crippen LogP contribution in [0.5, 0.6) is 0 Å². The number of nitrogen functional groups attached to an aromatic ring is 1. The van der Waals surface area contributed by atoms with Gasteiger partial charge in [0.25, 0.3) is 11.6 Å². The lowest BCUT2D eigenvalue weighted by atomic mass is 10.1. The van der Waals surface area contributed by atoms with E-state index in [4.69, 9.17) is 28.9 Å². The zero-order valence-corrected chi connectivity index (χ0v) is 17.7. The van der Waals surface area contributed by atoms with E-state index in [9.17, 15) is 14.9 Å². The Hall–Kier alpha value is -4.36. The van der Waals surface area contributed by atoms with E-state index in [-0.39, 0.29) is 28.7 Å². The Morgan fingerprint density at radius 3 is 2.48 bits per heavy atom. The molecule has 166 valence electrons. The molecule has 0 saturated heterocycles. The Bertz CT molecular complexity index is 1360. The third kappa shape index (κ3) is 4.35. The molecule has 0 spiro atoms. The highest BCUT2D eigenvalue weighted by Gasteiger charge is 2.25. The first-order valence-electron chi connectivity index (χ1n) is 8.93. The number of carbonyl (C=O) groups is 1. The lowest BCUT2D eigenvalue weighted by molar-refractivity contribution is -0.384. The predicted octanol–water partition coefficient (Wildman–Crippen LogP) is 2.88. The van der Waals surface area contributed by atoms with Crippen LogP contribution in [0.2, 0.25) is 10.0 Å². The minimum absolute atomic E-state index is 0.0266. The fourth-order valence-electron chi connectivity index (χ4n) is 2.76. The molecule has 3 N–H and O–H groups in total. The van der Waals surface area contributed by atoms with Crippen LogP contribution in [0.4, 0.5) is 11.5 Å². The minimum atomic E-state index is -0.746. The molecule has 0 radical (unpaired) electrons. The van der Waals surface area contributed by atoms with E-state index in [0.29, 0.717) is 21.2 Å². The Labute approximate surface area is 193 Å². The second kappa shape index (κ2) is 9.02. The summed E-state index contributed by atoms with van der Waals surface area (Å²) in [7, 11) is 0. The zero-order chi connectivity index (χ0) is 23.5. The van der Waals surface area contributed by atoms with Gasteiger partial charge in [-0.1, -0.05) is 34.5 Å². The highest BCUT2D eigenvalue weighted by atomic mass is 35.5. The van der Waals surface area contributed by atoms with Gasteiger partial charge in [0, 0.05) is 23.3 Å². The summed E-state index contributed by atoms with van der Waals surface area (Å²) in [6.45, 7) is 0. The van der Waals surface area contributed by atoms with Crippen molar-refractivity contribution in [2.45, 2.75) is 0 Å². The van der Waals surface area contributed by atoms with Crippen LogP contribution in [0.1, 0.15) is 16.1 Å². The molecular weight excluding hydrogens is 477 g/mol. The standard InChI is InChI=1S/C18H11Cl2N9O4/c19-12-2-1-3-13(20)11(12)8-22-24-18(30)14-15(9-4-6-10(7-5-9)29(31)32)28(27-23-14)17-16(21)25-33-26-17/h1-8H,(H2,21,25)(H,24,30)/b22-8-. The van der Waals surface area contributed by atoms with Gasteiger partial charge in [-0.25, -0.2) is 10.1 Å². The van der Waals surface area contributed by atoms with E-state index in [0.717, 1.165) is 4.68 Å². The fourth-order valence-corrected chi connectivity index (χ4v) is 3.26. The summed E-state index contributed by atoms with van der Waals surface area (Å²) in [5, 5.41) is 30.5. The topological polar surface area (TPSA) is 180 Å². The lowest BCUT2D eigenvalue weighted by Gasteiger charge is -2.06. The lowest BCUT2D eigenvalue weighted by Crippen LogP contribution is -2.19.